The largest absolute Gasteiger partial charge is 0.444 e. The zero-order valence-corrected chi connectivity index (χ0v) is 19.1. The first-order chi connectivity index (χ1) is 14.8. The molecule has 31 heavy (non-hydrogen) atoms. The number of imidazole rings is 1. The van der Waals surface area contributed by atoms with E-state index in [-0.39, 0.29) is 6.09 Å². The zero-order chi connectivity index (χ0) is 22.4. The molecule has 0 saturated heterocycles. The molecule has 2 aromatic heterocycles. The maximum absolute atomic E-state index is 12.0. The van der Waals surface area contributed by atoms with Gasteiger partial charge in [-0.05, 0) is 26.8 Å². The molecule has 2 heterocycles. The number of amides is 1. The maximum atomic E-state index is 12.0. The summed E-state index contributed by atoms with van der Waals surface area (Å²) in [4.78, 5) is 22.9. The minimum absolute atomic E-state index is 0.350. The highest BCUT2D eigenvalue weighted by molar-refractivity contribution is 6.02. The molecular weight excluding hydrogens is 396 g/mol. The van der Waals surface area contributed by atoms with E-state index in [1.165, 1.54) is 4.90 Å². The summed E-state index contributed by atoms with van der Waals surface area (Å²) in [6, 6.07) is 8.07. The number of para-hydroxylation sites is 1. The van der Waals surface area contributed by atoms with Crippen molar-refractivity contribution in [1.29, 1.82) is 0 Å². The second-order valence-corrected chi connectivity index (χ2v) is 8.45. The number of carbonyl (C=O) groups excluding carboxylic acids is 1. The number of benzene rings is 1. The van der Waals surface area contributed by atoms with Gasteiger partial charge in [0.25, 0.3) is 0 Å². The zero-order valence-electron chi connectivity index (χ0n) is 19.1. The molecule has 0 aliphatic heterocycles. The number of likely N-dealkylation sites (N-methyl/N-ethyl adjacent to an activating group) is 1. The fourth-order valence-electron chi connectivity index (χ4n) is 3.33. The van der Waals surface area contributed by atoms with Gasteiger partial charge in [-0.3, -0.25) is 4.98 Å². The molecule has 1 amide bonds. The third-order valence-corrected chi connectivity index (χ3v) is 4.82. The number of hydrogen-bond acceptors (Lipinski definition) is 6. The van der Waals surface area contributed by atoms with Crippen molar-refractivity contribution in [3.8, 4) is 0 Å². The van der Waals surface area contributed by atoms with Crippen molar-refractivity contribution in [2.75, 3.05) is 40.5 Å². The lowest BCUT2D eigenvalue weighted by molar-refractivity contribution is 0.0228. The fraction of sp³-hybridized carbons (Fsp3) is 0.522. The molecular formula is C23H32N4O4. The van der Waals surface area contributed by atoms with Crippen LogP contribution in [0.15, 0.2) is 30.5 Å². The van der Waals surface area contributed by atoms with Crippen molar-refractivity contribution in [3.63, 3.8) is 0 Å². The van der Waals surface area contributed by atoms with Crippen LogP contribution in [0.5, 0.6) is 0 Å². The fourth-order valence-corrected chi connectivity index (χ4v) is 3.33. The van der Waals surface area contributed by atoms with Crippen LogP contribution in [0, 0.1) is 0 Å². The summed E-state index contributed by atoms with van der Waals surface area (Å²) in [5.41, 5.74) is 2.36. The van der Waals surface area contributed by atoms with Crippen LogP contribution in [0.3, 0.4) is 0 Å². The number of pyridine rings is 1. The van der Waals surface area contributed by atoms with Crippen LogP contribution in [-0.4, -0.2) is 71.7 Å². The minimum Gasteiger partial charge on any atom is -0.444 e. The predicted molar refractivity (Wildman–Crippen MR) is 120 cm³/mol. The third-order valence-electron chi connectivity index (χ3n) is 4.82. The molecule has 3 rings (SSSR count). The molecule has 0 saturated carbocycles. The van der Waals surface area contributed by atoms with Gasteiger partial charge in [-0.2, -0.15) is 0 Å². The van der Waals surface area contributed by atoms with Gasteiger partial charge >= 0.3 is 6.09 Å². The van der Waals surface area contributed by atoms with E-state index in [1.54, 1.807) is 14.2 Å². The Labute approximate surface area is 183 Å². The van der Waals surface area contributed by atoms with Crippen molar-refractivity contribution in [2.45, 2.75) is 39.3 Å². The highest BCUT2D eigenvalue weighted by Crippen LogP contribution is 2.25. The van der Waals surface area contributed by atoms with Crippen LogP contribution < -0.4 is 0 Å². The summed E-state index contributed by atoms with van der Waals surface area (Å²) in [5.74, 6) is 0.949. The molecule has 0 spiro atoms. The molecule has 0 N–H and O–H groups in total. The number of hydrogen-bond donors (Lipinski definition) is 0. The van der Waals surface area contributed by atoms with Gasteiger partial charge in [0.2, 0.25) is 0 Å². The monoisotopic (exact) mass is 428 g/mol. The minimum atomic E-state index is -0.509. The van der Waals surface area contributed by atoms with E-state index in [4.69, 9.17) is 19.2 Å². The Morgan fingerprint density at radius 1 is 1.13 bits per heavy atom. The van der Waals surface area contributed by atoms with Crippen molar-refractivity contribution in [3.05, 3.63) is 36.3 Å². The Bertz CT molecular complexity index is 1030. The molecule has 0 unspecified atom stereocenters. The van der Waals surface area contributed by atoms with Crippen molar-refractivity contribution in [2.24, 2.45) is 0 Å². The summed E-state index contributed by atoms with van der Waals surface area (Å²) in [7, 11) is 3.40. The van der Waals surface area contributed by atoms with Gasteiger partial charge in [-0.25, -0.2) is 9.78 Å². The lowest BCUT2D eigenvalue weighted by Crippen LogP contribution is -2.36. The third kappa shape index (κ3) is 5.92. The Morgan fingerprint density at radius 2 is 1.90 bits per heavy atom. The molecule has 0 bridgehead atoms. The molecule has 3 aromatic rings. The first kappa shape index (κ1) is 23.0. The predicted octanol–water partition coefficient (Wildman–Crippen LogP) is 3.66. The first-order valence-electron chi connectivity index (χ1n) is 10.5. The van der Waals surface area contributed by atoms with Gasteiger partial charge in [0.05, 0.1) is 37.1 Å². The number of aromatic nitrogens is 3. The van der Waals surface area contributed by atoms with Crippen LogP contribution in [0.4, 0.5) is 4.79 Å². The average Bonchev–Trinajstić information content (AvgIpc) is 3.08. The molecule has 0 fully saturated rings. The highest BCUT2D eigenvalue weighted by Gasteiger charge is 2.19. The molecule has 0 aliphatic carbocycles. The van der Waals surface area contributed by atoms with E-state index >= 15 is 0 Å². The second kappa shape index (κ2) is 10.1. The Kier molecular flexibility index (Phi) is 7.46. The first-order valence-corrected chi connectivity index (χ1v) is 10.5. The quantitative estimate of drug-likeness (QED) is 0.484. The summed E-state index contributed by atoms with van der Waals surface area (Å²) < 4.78 is 18.6. The summed E-state index contributed by atoms with van der Waals surface area (Å²) in [5, 5.41) is 1.07. The van der Waals surface area contributed by atoms with Gasteiger partial charge in [-0.1, -0.05) is 18.2 Å². The Hall–Kier alpha value is -2.71. The maximum Gasteiger partial charge on any atom is 0.410 e. The second-order valence-electron chi connectivity index (χ2n) is 8.45. The molecule has 0 atom stereocenters. The van der Waals surface area contributed by atoms with E-state index in [0.717, 1.165) is 27.8 Å². The average molecular weight is 429 g/mol. The molecule has 8 heteroatoms. The highest BCUT2D eigenvalue weighted by atomic mass is 16.6. The topological polar surface area (TPSA) is 78.7 Å². The van der Waals surface area contributed by atoms with Crippen LogP contribution in [0.2, 0.25) is 0 Å². The van der Waals surface area contributed by atoms with Crippen molar-refractivity contribution < 1.29 is 19.0 Å². The van der Waals surface area contributed by atoms with Gasteiger partial charge in [-0.15, -0.1) is 0 Å². The van der Waals surface area contributed by atoms with Gasteiger partial charge < -0.3 is 23.7 Å². The SMILES string of the molecule is COCCc1nc2cnc3ccccc3c2n1CCOCCN(C)C(=O)OC(C)(C)C. The number of ether oxygens (including phenoxy) is 3. The van der Waals surface area contributed by atoms with E-state index in [9.17, 15) is 4.79 Å². The van der Waals surface area contributed by atoms with Gasteiger partial charge in [0.15, 0.2) is 0 Å². The standard InChI is InChI=1S/C23H32N4O4/c1-23(2,3)31-22(28)26(4)11-14-30-15-12-27-20(10-13-29-5)25-19-16-24-18-9-7-6-8-17(18)21(19)27/h6-9,16H,10-15H2,1-5H3. The molecule has 1 aromatic carbocycles. The summed E-state index contributed by atoms with van der Waals surface area (Å²) in [6.45, 7) is 8.20. The van der Waals surface area contributed by atoms with Crippen LogP contribution in [0.1, 0.15) is 26.6 Å². The van der Waals surface area contributed by atoms with Crippen LogP contribution >= 0.6 is 0 Å². The lowest BCUT2D eigenvalue weighted by Gasteiger charge is -2.24. The van der Waals surface area contributed by atoms with Crippen LogP contribution in [-0.2, 0) is 27.2 Å². The number of methoxy groups -OCH3 is 1. The smallest absolute Gasteiger partial charge is 0.410 e. The lowest BCUT2D eigenvalue weighted by atomic mass is 10.2. The number of carbonyl (C=O) groups is 1. The van der Waals surface area contributed by atoms with E-state index in [0.29, 0.717) is 39.3 Å². The number of nitrogens with zero attached hydrogens (tertiary/aromatic N) is 4. The molecule has 0 aliphatic rings. The molecule has 8 nitrogen and oxygen atoms in total. The number of rotatable bonds is 9. The summed E-state index contributed by atoms with van der Waals surface area (Å²) >= 11 is 0. The Morgan fingerprint density at radius 3 is 2.65 bits per heavy atom. The van der Waals surface area contributed by atoms with E-state index < -0.39 is 5.60 Å². The van der Waals surface area contributed by atoms with Crippen molar-refractivity contribution in [1.82, 2.24) is 19.4 Å². The van der Waals surface area contributed by atoms with E-state index in [1.807, 2.05) is 45.2 Å². The summed E-state index contributed by atoms with van der Waals surface area (Å²) in [6.07, 6.45) is 2.18. The van der Waals surface area contributed by atoms with E-state index in [2.05, 4.69) is 15.6 Å². The Balaban J connectivity index is 1.66. The van der Waals surface area contributed by atoms with Gasteiger partial charge in [0, 0.05) is 39.1 Å². The molecule has 0 radical (unpaired) electrons. The van der Waals surface area contributed by atoms with Crippen molar-refractivity contribution >= 4 is 28.0 Å². The van der Waals surface area contributed by atoms with Gasteiger partial charge in [0.1, 0.15) is 16.9 Å². The normalized spacial score (nSPS) is 11.9. The number of fused-ring (bicyclic) bond motifs is 3. The molecule has 168 valence electrons. The van der Waals surface area contributed by atoms with Crippen LogP contribution in [0.25, 0.3) is 21.9 Å².